The predicted molar refractivity (Wildman–Crippen MR) is 83.7 cm³/mol. The first kappa shape index (κ1) is 16.0. The van der Waals surface area contributed by atoms with E-state index < -0.39 is 11.4 Å². The Morgan fingerprint density at radius 3 is 3.04 bits per heavy atom. The van der Waals surface area contributed by atoms with Gasteiger partial charge in [0.2, 0.25) is 5.91 Å². The Hall–Kier alpha value is -1.92. The highest BCUT2D eigenvalue weighted by Crippen LogP contribution is 2.29. The smallest absolute Gasteiger partial charge is 0.225 e. The number of amides is 1. The van der Waals surface area contributed by atoms with Crippen molar-refractivity contribution in [2.45, 2.75) is 25.3 Å². The van der Waals surface area contributed by atoms with E-state index in [1.165, 1.54) is 6.07 Å². The third-order valence-corrected chi connectivity index (χ3v) is 4.23. The first-order chi connectivity index (χ1) is 11.0. The summed E-state index contributed by atoms with van der Waals surface area (Å²) in [5.41, 5.74) is 0.474. The number of aromatic nitrogens is 2. The van der Waals surface area contributed by atoms with Crippen molar-refractivity contribution >= 4 is 17.5 Å². The van der Waals surface area contributed by atoms with E-state index in [1.807, 2.05) is 6.92 Å². The van der Waals surface area contributed by atoms with Crippen LogP contribution in [0.1, 0.15) is 23.5 Å². The van der Waals surface area contributed by atoms with Crippen LogP contribution in [0, 0.1) is 12.7 Å². The van der Waals surface area contributed by atoms with Gasteiger partial charge in [0.05, 0.1) is 18.1 Å². The monoisotopic (exact) mass is 337 g/mol. The van der Waals surface area contributed by atoms with Crippen LogP contribution in [0.5, 0.6) is 0 Å². The number of aromatic amines is 1. The topological polar surface area (TPSA) is 67.0 Å². The zero-order valence-corrected chi connectivity index (χ0v) is 13.4. The van der Waals surface area contributed by atoms with Crippen molar-refractivity contribution in [2.75, 3.05) is 13.2 Å². The Kier molecular flexibility index (Phi) is 4.37. The van der Waals surface area contributed by atoms with Crippen LogP contribution in [0.15, 0.2) is 24.4 Å². The fourth-order valence-electron chi connectivity index (χ4n) is 2.73. The summed E-state index contributed by atoms with van der Waals surface area (Å²) in [5, 5.41) is 2.96. The van der Waals surface area contributed by atoms with Crippen LogP contribution in [0.4, 0.5) is 4.39 Å². The van der Waals surface area contributed by atoms with Crippen LogP contribution in [-0.2, 0) is 21.5 Å². The van der Waals surface area contributed by atoms with Gasteiger partial charge in [0.25, 0.3) is 0 Å². The number of imidazole rings is 1. The molecule has 0 bridgehead atoms. The Balaban J connectivity index is 1.78. The molecule has 1 aliphatic rings. The Bertz CT molecular complexity index is 726. The summed E-state index contributed by atoms with van der Waals surface area (Å²) >= 11 is 5.75. The quantitative estimate of drug-likeness (QED) is 0.900. The van der Waals surface area contributed by atoms with Gasteiger partial charge in [-0.05, 0) is 18.6 Å². The number of nitrogens with one attached hydrogen (secondary N) is 2. The van der Waals surface area contributed by atoms with Gasteiger partial charge in [0.15, 0.2) is 0 Å². The molecule has 0 saturated carbocycles. The molecule has 2 N–H and O–H groups in total. The number of halogens is 2. The van der Waals surface area contributed by atoms with Crippen molar-refractivity contribution in [3.8, 4) is 0 Å². The van der Waals surface area contributed by atoms with Gasteiger partial charge in [0.1, 0.15) is 17.2 Å². The van der Waals surface area contributed by atoms with E-state index in [0.717, 1.165) is 5.69 Å². The lowest BCUT2D eigenvalue weighted by atomic mass is 9.97. The van der Waals surface area contributed by atoms with Gasteiger partial charge in [-0.15, -0.1) is 0 Å². The number of aryl methyl sites for hydroxylation is 1. The van der Waals surface area contributed by atoms with Crippen molar-refractivity contribution in [1.82, 2.24) is 15.3 Å². The van der Waals surface area contributed by atoms with E-state index in [9.17, 15) is 9.18 Å². The number of carbonyl (C=O) groups is 1. The SMILES string of the molecule is Cc1cnc(C2(NC(=O)Cc3cccc(Cl)c3F)CCOC2)[nH]1. The third kappa shape index (κ3) is 3.23. The lowest BCUT2D eigenvalue weighted by Crippen LogP contribution is -2.48. The second-order valence-electron chi connectivity index (χ2n) is 5.74. The molecule has 1 aliphatic heterocycles. The molecule has 1 unspecified atom stereocenters. The average Bonchev–Trinajstić information content (AvgIpc) is 3.14. The van der Waals surface area contributed by atoms with Crippen molar-refractivity contribution in [2.24, 2.45) is 0 Å². The molecule has 1 amide bonds. The summed E-state index contributed by atoms with van der Waals surface area (Å²) in [6.07, 6.45) is 2.23. The summed E-state index contributed by atoms with van der Waals surface area (Å²) in [6, 6.07) is 4.63. The molecule has 5 nitrogen and oxygen atoms in total. The van der Waals surface area contributed by atoms with Crippen molar-refractivity contribution in [3.05, 3.63) is 52.3 Å². The molecule has 122 valence electrons. The molecule has 23 heavy (non-hydrogen) atoms. The standard InChI is InChI=1S/C16H17ClFN3O2/c1-10-8-19-15(20-10)16(5-6-23-9-16)21-13(22)7-11-3-2-4-12(17)14(11)18/h2-4,8H,5-7,9H2,1H3,(H,19,20)(H,21,22). The lowest BCUT2D eigenvalue weighted by molar-refractivity contribution is -0.122. The molecule has 2 heterocycles. The molecule has 0 radical (unpaired) electrons. The van der Waals surface area contributed by atoms with Gasteiger partial charge in [-0.2, -0.15) is 0 Å². The second kappa shape index (κ2) is 6.29. The number of ether oxygens (including phenoxy) is 1. The van der Waals surface area contributed by atoms with Crippen LogP contribution in [0.25, 0.3) is 0 Å². The number of hydrogen-bond donors (Lipinski definition) is 2. The molecule has 3 rings (SSSR count). The second-order valence-corrected chi connectivity index (χ2v) is 6.14. The number of nitrogens with zero attached hydrogens (tertiary/aromatic N) is 1. The molecule has 0 spiro atoms. The molecule has 1 atom stereocenters. The van der Waals surface area contributed by atoms with E-state index in [0.29, 0.717) is 25.5 Å². The van der Waals surface area contributed by atoms with Crippen LogP contribution < -0.4 is 5.32 Å². The molecule has 1 aromatic heterocycles. The summed E-state index contributed by atoms with van der Waals surface area (Å²) in [6.45, 7) is 2.76. The summed E-state index contributed by atoms with van der Waals surface area (Å²) in [5.74, 6) is -0.201. The van der Waals surface area contributed by atoms with Crippen molar-refractivity contribution in [1.29, 1.82) is 0 Å². The van der Waals surface area contributed by atoms with E-state index in [1.54, 1.807) is 18.3 Å². The van der Waals surface area contributed by atoms with Crippen molar-refractivity contribution < 1.29 is 13.9 Å². The molecule has 1 aromatic carbocycles. The molecule has 1 fully saturated rings. The van der Waals surface area contributed by atoms with E-state index in [4.69, 9.17) is 16.3 Å². The highest BCUT2D eigenvalue weighted by molar-refractivity contribution is 6.30. The third-order valence-electron chi connectivity index (χ3n) is 3.94. The fraction of sp³-hybridized carbons (Fsp3) is 0.375. The Labute approximate surface area is 138 Å². The van der Waals surface area contributed by atoms with E-state index in [-0.39, 0.29) is 22.9 Å². The van der Waals surface area contributed by atoms with Gasteiger partial charge in [-0.3, -0.25) is 4.79 Å². The van der Waals surface area contributed by atoms with Crippen molar-refractivity contribution in [3.63, 3.8) is 0 Å². The Morgan fingerprint density at radius 1 is 1.57 bits per heavy atom. The van der Waals surface area contributed by atoms with Crippen LogP contribution in [-0.4, -0.2) is 29.1 Å². The van der Waals surface area contributed by atoms with Gasteiger partial charge in [-0.1, -0.05) is 23.7 Å². The number of carbonyl (C=O) groups excluding carboxylic acids is 1. The zero-order valence-electron chi connectivity index (χ0n) is 12.7. The summed E-state index contributed by atoms with van der Waals surface area (Å²) in [7, 11) is 0. The lowest BCUT2D eigenvalue weighted by Gasteiger charge is -2.26. The molecule has 1 saturated heterocycles. The molecule has 2 aromatic rings. The minimum atomic E-state index is -0.694. The minimum absolute atomic E-state index is 0.0101. The summed E-state index contributed by atoms with van der Waals surface area (Å²) in [4.78, 5) is 19.9. The average molecular weight is 338 g/mol. The van der Waals surface area contributed by atoms with Gasteiger partial charge < -0.3 is 15.0 Å². The van der Waals surface area contributed by atoms with Gasteiger partial charge >= 0.3 is 0 Å². The van der Waals surface area contributed by atoms with Crippen LogP contribution in [0.2, 0.25) is 5.02 Å². The fourth-order valence-corrected chi connectivity index (χ4v) is 2.93. The normalized spacial score (nSPS) is 20.7. The summed E-state index contributed by atoms with van der Waals surface area (Å²) < 4.78 is 19.4. The number of rotatable bonds is 4. The molecular weight excluding hydrogens is 321 g/mol. The molecule has 7 heteroatoms. The zero-order chi connectivity index (χ0) is 16.4. The number of benzene rings is 1. The Morgan fingerprint density at radius 2 is 2.39 bits per heavy atom. The number of H-pyrrole nitrogens is 1. The minimum Gasteiger partial charge on any atom is -0.378 e. The van der Waals surface area contributed by atoms with Crippen LogP contribution >= 0.6 is 11.6 Å². The first-order valence-electron chi connectivity index (χ1n) is 7.34. The highest BCUT2D eigenvalue weighted by atomic mass is 35.5. The highest BCUT2D eigenvalue weighted by Gasteiger charge is 2.40. The first-order valence-corrected chi connectivity index (χ1v) is 7.72. The van der Waals surface area contributed by atoms with E-state index in [2.05, 4.69) is 15.3 Å². The molecular formula is C16H17ClFN3O2. The number of hydrogen-bond acceptors (Lipinski definition) is 3. The van der Waals surface area contributed by atoms with Gasteiger partial charge in [0, 0.05) is 24.9 Å². The predicted octanol–water partition coefficient (Wildman–Crippen LogP) is 2.49. The maximum atomic E-state index is 13.9. The maximum absolute atomic E-state index is 13.9. The largest absolute Gasteiger partial charge is 0.378 e. The molecule has 0 aliphatic carbocycles. The van der Waals surface area contributed by atoms with Gasteiger partial charge in [-0.25, -0.2) is 9.37 Å². The maximum Gasteiger partial charge on any atom is 0.225 e. The van der Waals surface area contributed by atoms with Crippen LogP contribution in [0.3, 0.4) is 0 Å². The van der Waals surface area contributed by atoms with E-state index >= 15 is 0 Å².